The Bertz CT molecular complexity index is 1320. The SMILES string of the molecule is O=C(Cc1c(Cl)cccc1Cl)N1CCCC(c2cc(-c3ccc(F)cc3)nn2-c2ncccn2)C1. The summed E-state index contributed by atoms with van der Waals surface area (Å²) in [6, 6.07) is 15.2. The van der Waals surface area contributed by atoms with E-state index in [1.807, 2.05) is 11.0 Å². The van der Waals surface area contributed by atoms with E-state index in [9.17, 15) is 9.18 Å². The van der Waals surface area contributed by atoms with Gasteiger partial charge >= 0.3 is 0 Å². The number of carbonyl (C=O) groups excluding carboxylic acids is 1. The van der Waals surface area contributed by atoms with Crippen LogP contribution in [0.15, 0.2) is 67.0 Å². The van der Waals surface area contributed by atoms with Gasteiger partial charge in [0.25, 0.3) is 5.95 Å². The lowest BCUT2D eigenvalue weighted by molar-refractivity contribution is -0.131. The fraction of sp³-hybridized carbons (Fsp3) is 0.231. The van der Waals surface area contributed by atoms with Crippen molar-refractivity contribution in [3.05, 3.63) is 94.1 Å². The minimum absolute atomic E-state index is 0.0227. The third kappa shape index (κ3) is 5.06. The number of halogens is 3. The predicted molar refractivity (Wildman–Crippen MR) is 133 cm³/mol. The van der Waals surface area contributed by atoms with Crippen LogP contribution in [-0.4, -0.2) is 43.6 Å². The highest BCUT2D eigenvalue weighted by Crippen LogP contribution is 2.32. The zero-order valence-corrected chi connectivity index (χ0v) is 20.3. The summed E-state index contributed by atoms with van der Waals surface area (Å²) in [5, 5.41) is 5.72. The number of aromatic nitrogens is 4. The quantitative estimate of drug-likeness (QED) is 0.344. The van der Waals surface area contributed by atoms with E-state index >= 15 is 0 Å². The van der Waals surface area contributed by atoms with E-state index in [1.165, 1.54) is 12.1 Å². The highest BCUT2D eigenvalue weighted by atomic mass is 35.5. The highest BCUT2D eigenvalue weighted by Gasteiger charge is 2.29. The van der Waals surface area contributed by atoms with Gasteiger partial charge in [-0.15, -0.1) is 0 Å². The van der Waals surface area contributed by atoms with Crippen molar-refractivity contribution < 1.29 is 9.18 Å². The second-order valence-corrected chi connectivity index (χ2v) is 9.29. The molecule has 4 aromatic rings. The van der Waals surface area contributed by atoms with E-state index in [0.29, 0.717) is 40.3 Å². The van der Waals surface area contributed by atoms with Crippen molar-refractivity contribution >= 4 is 29.1 Å². The number of piperidine rings is 1. The molecule has 178 valence electrons. The third-order valence-corrected chi connectivity index (χ3v) is 6.91. The first-order valence-electron chi connectivity index (χ1n) is 11.3. The van der Waals surface area contributed by atoms with Crippen molar-refractivity contribution in [2.75, 3.05) is 13.1 Å². The number of carbonyl (C=O) groups is 1. The number of nitrogens with zero attached hydrogens (tertiary/aromatic N) is 5. The summed E-state index contributed by atoms with van der Waals surface area (Å²) in [4.78, 5) is 23.8. The number of hydrogen-bond donors (Lipinski definition) is 0. The molecular formula is C26H22Cl2FN5O. The Morgan fingerprint density at radius 1 is 1.03 bits per heavy atom. The van der Waals surface area contributed by atoms with Crippen molar-refractivity contribution in [2.24, 2.45) is 0 Å². The van der Waals surface area contributed by atoms with Crippen LogP contribution >= 0.6 is 23.2 Å². The molecule has 1 aliphatic rings. The van der Waals surface area contributed by atoms with Gasteiger partial charge in [-0.3, -0.25) is 4.79 Å². The van der Waals surface area contributed by atoms with Gasteiger partial charge in [-0.25, -0.2) is 19.0 Å². The van der Waals surface area contributed by atoms with Crippen LogP contribution in [0.3, 0.4) is 0 Å². The fourth-order valence-electron chi connectivity index (χ4n) is 4.42. The Morgan fingerprint density at radius 2 is 1.74 bits per heavy atom. The van der Waals surface area contributed by atoms with E-state index < -0.39 is 0 Å². The lowest BCUT2D eigenvalue weighted by Gasteiger charge is -2.33. The zero-order valence-electron chi connectivity index (χ0n) is 18.7. The van der Waals surface area contributed by atoms with Crippen LogP contribution in [-0.2, 0) is 11.2 Å². The Morgan fingerprint density at radius 3 is 2.46 bits per heavy atom. The highest BCUT2D eigenvalue weighted by molar-refractivity contribution is 6.36. The summed E-state index contributed by atoms with van der Waals surface area (Å²) in [7, 11) is 0. The molecule has 1 amide bonds. The molecule has 0 spiro atoms. The third-order valence-electron chi connectivity index (χ3n) is 6.20. The van der Waals surface area contributed by atoms with Crippen LogP contribution in [0.4, 0.5) is 4.39 Å². The molecule has 1 aliphatic heterocycles. The van der Waals surface area contributed by atoms with Gasteiger partial charge in [0, 0.05) is 47.0 Å². The average molecular weight is 510 g/mol. The van der Waals surface area contributed by atoms with Gasteiger partial charge < -0.3 is 4.90 Å². The summed E-state index contributed by atoms with van der Waals surface area (Å²) < 4.78 is 15.2. The number of rotatable bonds is 5. The van der Waals surface area contributed by atoms with E-state index in [1.54, 1.807) is 53.5 Å². The number of amides is 1. The maximum atomic E-state index is 13.5. The maximum absolute atomic E-state index is 13.5. The smallest absolute Gasteiger partial charge is 0.250 e. The molecule has 0 N–H and O–H groups in total. The Labute approximate surface area is 212 Å². The average Bonchev–Trinajstić information content (AvgIpc) is 3.33. The van der Waals surface area contributed by atoms with Gasteiger partial charge in [0.1, 0.15) is 5.82 Å². The van der Waals surface area contributed by atoms with E-state index in [2.05, 4.69) is 9.97 Å². The van der Waals surface area contributed by atoms with Crippen molar-refractivity contribution in [2.45, 2.75) is 25.2 Å². The Balaban J connectivity index is 1.44. The van der Waals surface area contributed by atoms with Gasteiger partial charge in [0.15, 0.2) is 0 Å². The van der Waals surface area contributed by atoms with Gasteiger partial charge in [-0.2, -0.15) is 5.10 Å². The van der Waals surface area contributed by atoms with Gasteiger partial charge in [0.2, 0.25) is 5.91 Å². The van der Waals surface area contributed by atoms with Crippen LogP contribution in [0.2, 0.25) is 10.0 Å². The van der Waals surface area contributed by atoms with Crippen molar-refractivity contribution in [3.63, 3.8) is 0 Å². The molecule has 1 unspecified atom stereocenters. The fourth-order valence-corrected chi connectivity index (χ4v) is 4.95. The van der Waals surface area contributed by atoms with Gasteiger partial charge in [-0.05, 0) is 66.9 Å². The lowest BCUT2D eigenvalue weighted by Crippen LogP contribution is -2.40. The Hall–Kier alpha value is -3.29. The largest absolute Gasteiger partial charge is 0.342 e. The number of benzene rings is 2. The molecule has 35 heavy (non-hydrogen) atoms. The van der Waals surface area contributed by atoms with Crippen LogP contribution in [0.25, 0.3) is 17.2 Å². The summed E-state index contributed by atoms with van der Waals surface area (Å²) >= 11 is 12.6. The molecule has 1 fully saturated rings. The Kier molecular flexibility index (Phi) is 6.79. The lowest BCUT2D eigenvalue weighted by atomic mass is 9.93. The van der Waals surface area contributed by atoms with Crippen LogP contribution in [0.5, 0.6) is 0 Å². The van der Waals surface area contributed by atoms with Crippen molar-refractivity contribution in [3.8, 4) is 17.2 Å². The molecule has 1 atom stereocenters. The van der Waals surface area contributed by atoms with Gasteiger partial charge in [-0.1, -0.05) is 29.3 Å². The first-order valence-corrected chi connectivity index (χ1v) is 12.1. The minimum Gasteiger partial charge on any atom is -0.342 e. The van der Waals surface area contributed by atoms with E-state index in [0.717, 1.165) is 24.1 Å². The molecule has 5 rings (SSSR count). The summed E-state index contributed by atoms with van der Waals surface area (Å²) in [5.74, 6) is 0.146. The summed E-state index contributed by atoms with van der Waals surface area (Å²) in [6.45, 7) is 1.19. The number of hydrogen-bond acceptors (Lipinski definition) is 4. The van der Waals surface area contributed by atoms with Crippen LogP contribution < -0.4 is 0 Å². The first-order chi connectivity index (χ1) is 17.0. The molecule has 3 heterocycles. The zero-order chi connectivity index (χ0) is 24.4. The second-order valence-electron chi connectivity index (χ2n) is 8.48. The molecule has 0 saturated carbocycles. The van der Waals surface area contributed by atoms with Crippen molar-refractivity contribution in [1.82, 2.24) is 24.6 Å². The van der Waals surface area contributed by atoms with Crippen molar-refractivity contribution in [1.29, 1.82) is 0 Å². The second kappa shape index (κ2) is 10.1. The molecule has 0 aliphatic carbocycles. The molecule has 0 bridgehead atoms. The number of likely N-dealkylation sites (tertiary alicyclic amines) is 1. The standard InChI is InChI=1S/C26H22Cl2FN5O/c27-21-5-1-6-22(28)20(21)14-25(35)33-13-2-4-18(16-33)24-15-23(17-7-9-19(29)10-8-17)32-34(24)26-30-11-3-12-31-26/h1,3,5-12,15,18H,2,4,13-14,16H2. The van der Waals surface area contributed by atoms with Crippen LogP contribution in [0.1, 0.15) is 30.0 Å². The summed E-state index contributed by atoms with van der Waals surface area (Å²) in [6.07, 6.45) is 5.20. The monoisotopic (exact) mass is 509 g/mol. The molecule has 2 aromatic heterocycles. The summed E-state index contributed by atoms with van der Waals surface area (Å²) in [5.41, 5.74) is 3.03. The maximum Gasteiger partial charge on any atom is 0.250 e. The molecule has 9 heteroatoms. The molecule has 1 saturated heterocycles. The topological polar surface area (TPSA) is 63.9 Å². The molecular weight excluding hydrogens is 488 g/mol. The van der Waals surface area contributed by atoms with Crippen LogP contribution in [0, 0.1) is 5.82 Å². The normalized spacial score (nSPS) is 15.9. The van der Waals surface area contributed by atoms with E-state index in [4.69, 9.17) is 28.3 Å². The first kappa shape index (κ1) is 23.5. The molecule has 0 radical (unpaired) electrons. The van der Waals surface area contributed by atoms with Gasteiger partial charge in [0.05, 0.1) is 17.8 Å². The minimum atomic E-state index is -0.306. The predicted octanol–water partition coefficient (Wildman–Crippen LogP) is 5.72. The molecule has 6 nitrogen and oxygen atoms in total. The molecule has 2 aromatic carbocycles. The van der Waals surface area contributed by atoms with E-state index in [-0.39, 0.29) is 24.1 Å².